The normalized spacial score (nSPS) is 10.6. The van der Waals surface area contributed by atoms with E-state index >= 15 is 0 Å². The summed E-state index contributed by atoms with van der Waals surface area (Å²) in [5.41, 5.74) is 3.23. The Morgan fingerprint density at radius 2 is 2.33 bits per heavy atom. The highest BCUT2D eigenvalue weighted by Gasteiger charge is 2.12. The third-order valence-corrected chi connectivity index (χ3v) is 3.48. The van der Waals surface area contributed by atoms with Crippen LogP contribution in [0.2, 0.25) is 0 Å². The van der Waals surface area contributed by atoms with Crippen molar-refractivity contribution in [3.63, 3.8) is 0 Å². The molecule has 2 aromatic rings. The first-order valence-electron chi connectivity index (χ1n) is 7.04. The maximum Gasteiger partial charge on any atom is 0.220 e. The fourth-order valence-corrected chi connectivity index (χ4v) is 2.32. The van der Waals surface area contributed by atoms with Crippen LogP contribution in [0.1, 0.15) is 29.1 Å². The van der Waals surface area contributed by atoms with E-state index in [1.165, 1.54) is 0 Å². The first kappa shape index (κ1) is 15.1. The first-order valence-corrected chi connectivity index (χ1v) is 7.04. The molecule has 5 nitrogen and oxygen atoms in total. The molecule has 112 valence electrons. The van der Waals surface area contributed by atoms with Crippen LogP contribution in [-0.4, -0.2) is 15.7 Å². The second-order valence-corrected chi connectivity index (χ2v) is 4.98. The van der Waals surface area contributed by atoms with Crippen LogP contribution in [0, 0.1) is 13.8 Å². The lowest BCUT2D eigenvalue weighted by molar-refractivity contribution is -0.121. The van der Waals surface area contributed by atoms with Gasteiger partial charge in [-0.05, 0) is 38.0 Å². The quantitative estimate of drug-likeness (QED) is 0.796. The van der Waals surface area contributed by atoms with Crippen molar-refractivity contribution < 1.29 is 9.21 Å². The zero-order valence-electron chi connectivity index (χ0n) is 12.6. The Balaban J connectivity index is 1.87. The molecule has 0 atom stereocenters. The number of aryl methyl sites for hydroxylation is 1. The molecule has 0 spiro atoms. The topological polar surface area (TPSA) is 60.1 Å². The molecule has 0 aromatic carbocycles. The number of nitrogens with zero attached hydrogens (tertiary/aromatic N) is 2. The van der Waals surface area contributed by atoms with Crippen LogP contribution in [0.25, 0.3) is 0 Å². The van der Waals surface area contributed by atoms with Crippen molar-refractivity contribution >= 4 is 5.91 Å². The van der Waals surface area contributed by atoms with Crippen LogP contribution in [0.15, 0.2) is 35.5 Å². The van der Waals surface area contributed by atoms with Crippen molar-refractivity contribution in [2.24, 2.45) is 0 Å². The lowest BCUT2D eigenvalue weighted by Crippen LogP contribution is -2.22. The van der Waals surface area contributed by atoms with Gasteiger partial charge in [0.05, 0.1) is 25.0 Å². The number of nitrogens with one attached hydrogen (secondary N) is 1. The van der Waals surface area contributed by atoms with Crippen molar-refractivity contribution in [1.29, 1.82) is 0 Å². The van der Waals surface area contributed by atoms with Gasteiger partial charge in [-0.3, -0.25) is 9.48 Å². The van der Waals surface area contributed by atoms with Crippen molar-refractivity contribution in [1.82, 2.24) is 15.1 Å². The molecule has 0 aliphatic rings. The standard InChI is InChI=1S/C16H21N3O2/c1-4-9-19-13(3)15(12(2)18-19)7-8-16(20)17-11-14-6-5-10-21-14/h4-6,10H,1,7-9,11H2,2-3H3,(H,17,20). The highest BCUT2D eigenvalue weighted by atomic mass is 16.3. The van der Waals surface area contributed by atoms with Gasteiger partial charge in [-0.15, -0.1) is 6.58 Å². The fraction of sp³-hybridized carbons (Fsp3) is 0.375. The number of hydrogen-bond acceptors (Lipinski definition) is 3. The van der Waals surface area contributed by atoms with Gasteiger partial charge in [0.2, 0.25) is 5.91 Å². The van der Waals surface area contributed by atoms with Crippen LogP contribution < -0.4 is 5.32 Å². The molecule has 0 bridgehead atoms. The molecule has 0 saturated carbocycles. The molecule has 2 aromatic heterocycles. The molecular formula is C16H21N3O2. The van der Waals surface area contributed by atoms with Crippen LogP contribution in [-0.2, 0) is 24.3 Å². The summed E-state index contributed by atoms with van der Waals surface area (Å²) in [5.74, 6) is 0.774. The average molecular weight is 287 g/mol. The summed E-state index contributed by atoms with van der Waals surface area (Å²) in [7, 11) is 0. The largest absolute Gasteiger partial charge is 0.467 e. The van der Waals surface area contributed by atoms with E-state index in [0.29, 0.717) is 25.9 Å². The van der Waals surface area contributed by atoms with E-state index in [2.05, 4.69) is 17.0 Å². The average Bonchev–Trinajstić information content (AvgIpc) is 3.05. The molecular weight excluding hydrogens is 266 g/mol. The minimum atomic E-state index is 0.0154. The summed E-state index contributed by atoms with van der Waals surface area (Å²) in [5, 5.41) is 7.31. The molecule has 0 radical (unpaired) electrons. The maximum atomic E-state index is 11.9. The molecule has 0 saturated heterocycles. The number of hydrogen-bond donors (Lipinski definition) is 1. The van der Waals surface area contributed by atoms with Crippen molar-refractivity contribution in [2.75, 3.05) is 0 Å². The summed E-state index contributed by atoms with van der Waals surface area (Å²) < 4.78 is 7.09. The number of aromatic nitrogens is 2. The Labute approximate surface area is 124 Å². The van der Waals surface area contributed by atoms with Crippen LogP contribution in [0.5, 0.6) is 0 Å². The van der Waals surface area contributed by atoms with Gasteiger partial charge in [0, 0.05) is 12.1 Å². The lowest BCUT2D eigenvalue weighted by atomic mass is 10.1. The molecule has 2 heterocycles. The zero-order valence-corrected chi connectivity index (χ0v) is 12.6. The van der Waals surface area contributed by atoms with Gasteiger partial charge in [0.1, 0.15) is 5.76 Å². The van der Waals surface area contributed by atoms with Gasteiger partial charge in [0.25, 0.3) is 0 Å². The summed E-state index contributed by atoms with van der Waals surface area (Å²) in [6.07, 6.45) is 4.56. The number of furan rings is 1. The summed E-state index contributed by atoms with van der Waals surface area (Å²) in [6, 6.07) is 3.65. The Bertz CT molecular complexity index is 612. The molecule has 5 heteroatoms. The molecule has 21 heavy (non-hydrogen) atoms. The van der Waals surface area contributed by atoms with Crippen LogP contribution in [0.3, 0.4) is 0 Å². The molecule has 0 aliphatic heterocycles. The third kappa shape index (κ3) is 3.84. The fourth-order valence-electron chi connectivity index (χ4n) is 2.32. The predicted octanol–water partition coefficient (Wildman–Crippen LogP) is 2.53. The highest BCUT2D eigenvalue weighted by molar-refractivity contribution is 5.76. The van der Waals surface area contributed by atoms with Crippen LogP contribution >= 0.6 is 0 Å². The smallest absolute Gasteiger partial charge is 0.220 e. The van der Waals surface area contributed by atoms with Crippen LogP contribution in [0.4, 0.5) is 0 Å². The third-order valence-electron chi connectivity index (χ3n) is 3.48. The van der Waals surface area contributed by atoms with Gasteiger partial charge in [-0.2, -0.15) is 5.10 Å². The molecule has 2 rings (SSSR count). The van der Waals surface area contributed by atoms with E-state index in [9.17, 15) is 4.79 Å². The molecule has 0 unspecified atom stereocenters. The van der Waals surface area contributed by atoms with E-state index < -0.39 is 0 Å². The molecule has 1 amide bonds. The van der Waals surface area contributed by atoms with Crippen molar-refractivity contribution in [3.05, 3.63) is 53.8 Å². The number of carbonyl (C=O) groups excluding carboxylic acids is 1. The maximum absolute atomic E-state index is 11.9. The Kier molecular flexibility index (Phi) is 4.98. The Hall–Kier alpha value is -2.30. The summed E-state index contributed by atoms with van der Waals surface area (Å²) >= 11 is 0. The number of allylic oxidation sites excluding steroid dienone is 1. The van der Waals surface area contributed by atoms with Crippen molar-refractivity contribution in [2.45, 2.75) is 39.8 Å². The van der Waals surface area contributed by atoms with Gasteiger partial charge >= 0.3 is 0 Å². The number of amides is 1. The summed E-state index contributed by atoms with van der Waals surface area (Å²) in [6.45, 7) is 8.85. The minimum Gasteiger partial charge on any atom is -0.467 e. The van der Waals surface area contributed by atoms with Gasteiger partial charge in [0.15, 0.2) is 0 Å². The Morgan fingerprint density at radius 1 is 1.52 bits per heavy atom. The lowest BCUT2D eigenvalue weighted by Gasteiger charge is -2.05. The number of rotatable bonds is 7. The Morgan fingerprint density at radius 3 is 3.00 bits per heavy atom. The molecule has 0 aliphatic carbocycles. The van der Waals surface area contributed by atoms with Gasteiger partial charge in [-0.1, -0.05) is 6.08 Å². The van der Waals surface area contributed by atoms with E-state index in [-0.39, 0.29) is 5.91 Å². The SMILES string of the molecule is C=CCn1nc(C)c(CCC(=O)NCc2ccco2)c1C. The van der Waals surface area contributed by atoms with Crippen molar-refractivity contribution in [3.8, 4) is 0 Å². The molecule has 1 N–H and O–H groups in total. The second-order valence-electron chi connectivity index (χ2n) is 4.98. The monoisotopic (exact) mass is 287 g/mol. The van der Waals surface area contributed by atoms with Gasteiger partial charge < -0.3 is 9.73 Å². The minimum absolute atomic E-state index is 0.0154. The highest BCUT2D eigenvalue weighted by Crippen LogP contribution is 2.15. The first-order chi connectivity index (χ1) is 10.1. The zero-order chi connectivity index (χ0) is 15.2. The van der Waals surface area contributed by atoms with E-state index in [1.54, 1.807) is 6.26 Å². The summed E-state index contributed by atoms with van der Waals surface area (Å²) in [4.78, 5) is 11.9. The molecule has 0 fully saturated rings. The second kappa shape index (κ2) is 6.92. The predicted molar refractivity (Wildman–Crippen MR) is 80.8 cm³/mol. The van der Waals surface area contributed by atoms with E-state index in [0.717, 1.165) is 22.7 Å². The van der Waals surface area contributed by atoms with E-state index in [4.69, 9.17) is 4.42 Å². The van der Waals surface area contributed by atoms with Gasteiger partial charge in [-0.25, -0.2) is 0 Å². The number of carbonyl (C=O) groups is 1. The van der Waals surface area contributed by atoms with E-state index in [1.807, 2.05) is 36.7 Å².